The highest BCUT2D eigenvalue weighted by molar-refractivity contribution is 6.36. The first-order valence-corrected chi connectivity index (χ1v) is 9.58. The molecule has 158 valence electrons. The van der Waals surface area contributed by atoms with Crippen molar-refractivity contribution in [3.8, 4) is 17.2 Å². The van der Waals surface area contributed by atoms with Crippen LogP contribution in [0.1, 0.15) is 25.0 Å². The van der Waals surface area contributed by atoms with Gasteiger partial charge in [-0.25, -0.2) is 0 Å². The normalized spacial score (nSPS) is 13.9. The lowest BCUT2D eigenvalue weighted by molar-refractivity contribution is -0.138. The predicted molar refractivity (Wildman–Crippen MR) is 115 cm³/mol. The topological polar surface area (TPSA) is 77.1 Å². The van der Waals surface area contributed by atoms with Gasteiger partial charge in [-0.2, -0.15) is 0 Å². The van der Waals surface area contributed by atoms with Crippen LogP contribution in [0.4, 0.5) is 5.69 Å². The average Bonchev–Trinajstić information content (AvgIpc) is 2.97. The molecule has 30 heavy (non-hydrogen) atoms. The number of rotatable bonds is 7. The number of amides is 2. The zero-order valence-electron chi connectivity index (χ0n) is 18.0. The van der Waals surface area contributed by atoms with Gasteiger partial charge in [0.05, 0.1) is 26.9 Å². The number of nitrogens with one attached hydrogen (secondary N) is 1. The van der Waals surface area contributed by atoms with Crippen LogP contribution in [0, 0.1) is 6.92 Å². The number of carbonyl (C=O) groups excluding carboxylic acids is 2. The van der Waals surface area contributed by atoms with Crippen LogP contribution >= 0.6 is 0 Å². The van der Waals surface area contributed by atoms with Crippen molar-refractivity contribution in [2.24, 2.45) is 0 Å². The molecule has 0 fully saturated rings. The number of imide groups is 1. The molecule has 7 heteroatoms. The zero-order chi connectivity index (χ0) is 22.0. The van der Waals surface area contributed by atoms with E-state index in [0.29, 0.717) is 34.1 Å². The smallest absolute Gasteiger partial charge is 0.278 e. The summed E-state index contributed by atoms with van der Waals surface area (Å²) in [7, 11) is 4.55. The van der Waals surface area contributed by atoms with Crippen LogP contribution in [0.25, 0.3) is 5.57 Å². The van der Waals surface area contributed by atoms with Crippen LogP contribution < -0.4 is 19.5 Å². The van der Waals surface area contributed by atoms with Crippen LogP contribution in [0.15, 0.2) is 42.1 Å². The van der Waals surface area contributed by atoms with Crippen molar-refractivity contribution in [1.82, 2.24) is 4.90 Å². The molecule has 2 aromatic carbocycles. The van der Waals surface area contributed by atoms with E-state index in [2.05, 4.69) is 5.32 Å². The lowest BCUT2D eigenvalue weighted by Gasteiger charge is -2.19. The van der Waals surface area contributed by atoms with Gasteiger partial charge in [0, 0.05) is 23.9 Å². The van der Waals surface area contributed by atoms with Gasteiger partial charge in [0.1, 0.15) is 5.70 Å². The summed E-state index contributed by atoms with van der Waals surface area (Å²) in [5.41, 5.74) is 2.83. The maximum Gasteiger partial charge on any atom is 0.278 e. The number of nitrogens with zero attached hydrogens (tertiary/aromatic N) is 1. The van der Waals surface area contributed by atoms with E-state index in [1.807, 2.05) is 45.0 Å². The molecule has 0 atom stereocenters. The summed E-state index contributed by atoms with van der Waals surface area (Å²) >= 11 is 0. The van der Waals surface area contributed by atoms with Crippen molar-refractivity contribution in [2.75, 3.05) is 26.6 Å². The number of ether oxygens (including phenoxy) is 3. The number of anilines is 1. The number of aryl methyl sites for hydroxylation is 1. The summed E-state index contributed by atoms with van der Waals surface area (Å²) in [6.07, 6.45) is 0. The van der Waals surface area contributed by atoms with E-state index in [9.17, 15) is 9.59 Å². The number of methoxy groups -OCH3 is 3. The van der Waals surface area contributed by atoms with Crippen LogP contribution in [0.3, 0.4) is 0 Å². The van der Waals surface area contributed by atoms with E-state index < -0.39 is 0 Å². The molecule has 0 spiro atoms. The predicted octanol–water partition coefficient (Wildman–Crippen LogP) is 3.62. The van der Waals surface area contributed by atoms with Gasteiger partial charge in [-0.15, -0.1) is 0 Å². The van der Waals surface area contributed by atoms with E-state index in [1.165, 1.54) is 26.2 Å². The second-order valence-electron chi connectivity index (χ2n) is 7.23. The minimum atomic E-state index is -0.376. The monoisotopic (exact) mass is 410 g/mol. The molecule has 0 radical (unpaired) electrons. The molecule has 0 aromatic heterocycles. The number of hydrogen-bond acceptors (Lipinski definition) is 6. The second-order valence-corrected chi connectivity index (χ2v) is 7.23. The Morgan fingerprint density at radius 2 is 1.43 bits per heavy atom. The Morgan fingerprint density at radius 1 is 0.867 bits per heavy atom. The average molecular weight is 410 g/mol. The SMILES string of the molecule is COc1cc(NC2=C(c3ccc(C)cc3)C(=O)N(C(C)C)C2=O)cc(OC)c1OC. The van der Waals surface area contributed by atoms with E-state index in [0.717, 1.165) is 5.56 Å². The van der Waals surface area contributed by atoms with Crippen molar-refractivity contribution in [3.05, 3.63) is 53.2 Å². The summed E-state index contributed by atoms with van der Waals surface area (Å²) in [5, 5.41) is 3.12. The van der Waals surface area contributed by atoms with Crippen molar-refractivity contribution < 1.29 is 23.8 Å². The van der Waals surface area contributed by atoms with Crippen molar-refractivity contribution in [2.45, 2.75) is 26.8 Å². The highest BCUT2D eigenvalue weighted by Crippen LogP contribution is 2.41. The molecule has 0 aliphatic carbocycles. The van der Waals surface area contributed by atoms with Crippen LogP contribution in [0.5, 0.6) is 17.2 Å². The van der Waals surface area contributed by atoms with Gasteiger partial charge in [0.15, 0.2) is 11.5 Å². The molecule has 1 aliphatic rings. The quantitative estimate of drug-likeness (QED) is 0.703. The van der Waals surface area contributed by atoms with Gasteiger partial charge in [0.25, 0.3) is 11.8 Å². The summed E-state index contributed by atoms with van der Waals surface area (Å²) in [4.78, 5) is 27.5. The fraction of sp³-hybridized carbons (Fsp3) is 0.304. The molecule has 1 N–H and O–H groups in total. The van der Waals surface area contributed by atoms with Gasteiger partial charge < -0.3 is 19.5 Å². The fourth-order valence-corrected chi connectivity index (χ4v) is 3.42. The standard InChI is InChI=1S/C23H26N2O5/c1-13(2)25-22(26)19(15-9-7-14(3)8-10-15)20(23(25)27)24-16-11-17(28-4)21(30-6)18(12-16)29-5/h7-13,24H,1-6H3. The Bertz CT molecular complexity index is 984. The van der Waals surface area contributed by atoms with Gasteiger partial charge in [0.2, 0.25) is 5.75 Å². The highest BCUT2D eigenvalue weighted by atomic mass is 16.5. The second kappa shape index (κ2) is 8.49. The molecule has 1 heterocycles. The lowest BCUT2D eigenvalue weighted by atomic mass is 10.0. The molecule has 0 unspecified atom stereocenters. The Hall–Kier alpha value is -3.48. The zero-order valence-corrected chi connectivity index (χ0v) is 18.0. The first kappa shape index (κ1) is 21.2. The molecular formula is C23H26N2O5. The summed E-state index contributed by atoms with van der Waals surface area (Å²) in [5.74, 6) is 0.618. The number of carbonyl (C=O) groups is 2. The molecule has 3 rings (SSSR count). The molecule has 2 amide bonds. The number of benzene rings is 2. The summed E-state index contributed by atoms with van der Waals surface area (Å²) < 4.78 is 16.1. The van der Waals surface area contributed by atoms with Gasteiger partial charge in [-0.3, -0.25) is 14.5 Å². The van der Waals surface area contributed by atoms with Gasteiger partial charge in [-0.1, -0.05) is 29.8 Å². The van der Waals surface area contributed by atoms with Crippen molar-refractivity contribution in [1.29, 1.82) is 0 Å². The minimum absolute atomic E-state index is 0.215. The van der Waals surface area contributed by atoms with Gasteiger partial charge >= 0.3 is 0 Å². The Labute approximate surface area is 176 Å². The third-order valence-electron chi connectivity index (χ3n) is 4.91. The highest BCUT2D eigenvalue weighted by Gasteiger charge is 2.40. The maximum absolute atomic E-state index is 13.1. The molecule has 7 nitrogen and oxygen atoms in total. The van der Waals surface area contributed by atoms with E-state index >= 15 is 0 Å². The molecule has 0 saturated heterocycles. The third kappa shape index (κ3) is 3.70. The molecule has 2 aromatic rings. The van der Waals surface area contributed by atoms with Crippen LogP contribution in [0.2, 0.25) is 0 Å². The largest absolute Gasteiger partial charge is 0.493 e. The molecule has 0 bridgehead atoms. The maximum atomic E-state index is 13.1. The van der Waals surface area contributed by atoms with Crippen molar-refractivity contribution in [3.63, 3.8) is 0 Å². The molecular weight excluding hydrogens is 384 g/mol. The van der Waals surface area contributed by atoms with E-state index in [-0.39, 0.29) is 23.6 Å². The van der Waals surface area contributed by atoms with Crippen molar-refractivity contribution >= 4 is 23.1 Å². The Morgan fingerprint density at radius 3 is 1.90 bits per heavy atom. The Kier molecular flexibility index (Phi) is 6.01. The summed E-state index contributed by atoms with van der Waals surface area (Å²) in [6.45, 7) is 5.59. The molecule has 0 saturated carbocycles. The van der Waals surface area contributed by atoms with E-state index in [4.69, 9.17) is 14.2 Å². The summed E-state index contributed by atoms with van der Waals surface area (Å²) in [6, 6.07) is 10.6. The third-order valence-corrected chi connectivity index (χ3v) is 4.91. The first-order valence-electron chi connectivity index (χ1n) is 9.58. The fourth-order valence-electron chi connectivity index (χ4n) is 3.42. The number of hydrogen-bond donors (Lipinski definition) is 1. The minimum Gasteiger partial charge on any atom is -0.493 e. The first-order chi connectivity index (χ1) is 14.3. The molecule has 1 aliphatic heterocycles. The van der Waals surface area contributed by atoms with Crippen LogP contribution in [-0.4, -0.2) is 44.1 Å². The Balaban J connectivity index is 2.13. The lowest BCUT2D eigenvalue weighted by Crippen LogP contribution is -2.38. The van der Waals surface area contributed by atoms with Crippen LogP contribution in [-0.2, 0) is 9.59 Å². The van der Waals surface area contributed by atoms with E-state index in [1.54, 1.807) is 12.1 Å². The van der Waals surface area contributed by atoms with Gasteiger partial charge in [-0.05, 0) is 26.3 Å².